The van der Waals surface area contributed by atoms with Gasteiger partial charge < -0.3 is 15.2 Å². The smallest absolute Gasteiger partial charge is 0.408 e. The molecule has 1 aromatic carbocycles. The van der Waals surface area contributed by atoms with Crippen molar-refractivity contribution in [1.82, 2.24) is 5.32 Å². The van der Waals surface area contributed by atoms with Crippen LogP contribution in [-0.2, 0) is 16.0 Å². The van der Waals surface area contributed by atoms with E-state index in [1.54, 1.807) is 13.8 Å². The standard InChI is InChI=1S/C14H19NO4/c1-14(2,19-13(18)15-10-12(16)17)9-8-11-6-4-3-5-7-11/h3-7H,8-10H2,1-2H3,(H,15,18)(H,16,17). The Hall–Kier alpha value is -2.04. The number of amides is 1. The highest BCUT2D eigenvalue weighted by Gasteiger charge is 2.22. The van der Waals surface area contributed by atoms with E-state index >= 15 is 0 Å². The molecule has 104 valence electrons. The molecule has 0 radical (unpaired) electrons. The Labute approximate surface area is 112 Å². The lowest BCUT2D eigenvalue weighted by Gasteiger charge is -2.25. The van der Waals surface area contributed by atoms with Crippen molar-refractivity contribution in [3.63, 3.8) is 0 Å². The molecule has 0 aliphatic rings. The Morgan fingerprint density at radius 1 is 1.26 bits per heavy atom. The van der Waals surface area contributed by atoms with Crippen LogP contribution in [-0.4, -0.2) is 29.3 Å². The molecule has 5 heteroatoms. The first-order valence-electron chi connectivity index (χ1n) is 6.12. The molecule has 0 aliphatic carbocycles. The summed E-state index contributed by atoms with van der Waals surface area (Å²) in [4.78, 5) is 21.7. The van der Waals surface area contributed by atoms with E-state index in [4.69, 9.17) is 9.84 Å². The number of alkyl carbamates (subject to hydrolysis) is 1. The van der Waals surface area contributed by atoms with Gasteiger partial charge in [0.15, 0.2) is 0 Å². The van der Waals surface area contributed by atoms with Crippen molar-refractivity contribution in [1.29, 1.82) is 0 Å². The molecule has 1 rings (SSSR count). The maximum absolute atomic E-state index is 11.4. The number of aliphatic carboxylic acids is 1. The lowest BCUT2D eigenvalue weighted by molar-refractivity contribution is -0.136. The minimum absolute atomic E-state index is 0.437. The molecule has 19 heavy (non-hydrogen) atoms. The highest BCUT2D eigenvalue weighted by atomic mass is 16.6. The highest BCUT2D eigenvalue weighted by molar-refractivity contribution is 5.76. The van der Waals surface area contributed by atoms with Crippen molar-refractivity contribution >= 4 is 12.1 Å². The molecule has 0 bridgehead atoms. The number of aryl methyl sites for hydroxylation is 1. The monoisotopic (exact) mass is 265 g/mol. The summed E-state index contributed by atoms with van der Waals surface area (Å²) in [5.41, 5.74) is 0.531. The van der Waals surface area contributed by atoms with E-state index in [2.05, 4.69) is 5.32 Å². The summed E-state index contributed by atoms with van der Waals surface area (Å²) in [6.45, 7) is 3.17. The van der Waals surface area contributed by atoms with Crippen LogP contribution in [0.5, 0.6) is 0 Å². The zero-order valence-electron chi connectivity index (χ0n) is 11.2. The van der Waals surface area contributed by atoms with Crippen LogP contribution < -0.4 is 5.32 Å². The van der Waals surface area contributed by atoms with Crippen LogP contribution in [0.4, 0.5) is 4.79 Å². The molecule has 0 spiro atoms. The van der Waals surface area contributed by atoms with Crippen molar-refractivity contribution < 1.29 is 19.4 Å². The molecule has 1 amide bonds. The average Bonchev–Trinajstić information content (AvgIpc) is 2.35. The quantitative estimate of drug-likeness (QED) is 0.826. The van der Waals surface area contributed by atoms with Gasteiger partial charge in [-0.3, -0.25) is 4.79 Å². The summed E-state index contributed by atoms with van der Waals surface area (Å²) < 4.78 is 5.20. The van der Waals surface area contributed by atoms with Gasteiger partial charge in [-0.15, -0.1) is 0 Å². The van der Waals surface area contributed by atoms with Crippen LogP contribution in [0.1, 0.15) is 25.8 Å². The van der Waals surface area contributed by atoms with Gasteiger partial charge in [-0.2, -0.15) is 0 Å². The largest absolute Gasteiger partial charge is 0.480 e. The van der Waals surface area contributed by atoms with Crippen LogP contribution in [0, 0.1) is 0 Å². The van der Waals surface area contributed by atoms with Crippen molar-refractivity contribution in [2.45, 2.75) is 32.3 Å². The zero-order valence-corrected chi connectivity index (χ0v) is 11.2. The molecule has 0 saturated heterocycles. The normalized spacial score (nSPS) is 10.8. The third-order valence-corrected chi connectivity index (χ3v) is 2.61. The first-order valence-corrected chi connectivity index (χ1v) is 6.12. The van der Waals surface area contributed by atoms with E-state index < -0.39 is 24.2 Å². The van der Waals surface area contributed by atoms with Crippen molar-refractivity contribution in [3.05, 3.63) is 35.9 Å². The summed E-state index contributed by atoms with van der Waals surface area (Å²) >= 11 is 0. The van der Waals surface area contributed by atoms with Gasteiger partial charge in [0, 0.05) is 0 Å². The zero-order chi connectivity index (χ0) is 14.3. The molecule has 0 heterocycles. The molecular weight excluding hydrogens is 246 g/mol. The van der Waals surface area contributed by atoms with Crippen molar-refractivity contribution in [2.24, 2.45) is 0 Å². The molecule has 0 aromatic heterocycles. The van der Waals surface area contributed by atoms with Crippen LogP contribution in [0.15, 0.2) is 30.3 Å². The molecule has 0 fully saturated rings. The fourth-order valence-corrected chi connectivity index (χ4v) is 1.58. The summed E-state index contributed by atoms with van der Waals surface area (Å²) in [6.07, 6.45) is 0.748. The second kappa shape index (κ2) is 6.78. The number of rotatable bonds is 6. The van der Waals surface area contributed by atoms with Gasteiger partial charge in [0.05, 0.1) is 0 Å². The SMILES string of the molecule is CC(C)(CCc1ccccc1)OC(=O)NCC(=O)O. The van der Waals surface area contributed by atoms with Crippen LogP contribution in [0.2, 0.25) is 0 Å². The molecule has 1 aromatic rings. The van der Waals surface area contributed by atoms with Gasteiger partial charge >= 0.3 is 12.1 Å². The molecule has 2 N–H and O–H groups in total. The number of carbonyl (C=O) groups excluding carboxylic acids is 1. The first kappa shape index (κ1) is 15.0. The first-order chi connectivity index (χ1) is 8.89. The summed E-state index contributed by atoms with van der Waals surface area (Å²) in [5, 5.41) is 10.6. The number of nitrogens with one attached hydrogen (secondary N) is 1. The second-order valence-electron chi connectivity index (χ2n) is 4.88. The van der Waals surface area contributed by atoms with Gasteiger partial charge in [0.1, 0.15) is 12.1 Å². The third kappa shape index (κ3) is 6.45. The number of carboxylic acid groups (broad SMARTS) is 1. The minimum atomic E-state index is -1.10. The van der Waals surface area contributed by atoms with E-state index in [9.17, 15) is 9.59 Å². The Balaban J connectivity index is 2.38. The molecule has 5 nitrogen and oxygen atoms in total. The van der Waals surface area contributed by atoms with Gasteiger partial charge in [-0.25, -0.2) is 4.79 Å². The Kier molecular flexibility index (Phi) is 5.36. The van der Waals surface area contributed by atoms with E-state index in [-0.39, 0.29) is 0 Å². The fraction of sp³-hybridized carbons (Fsp3) is 0.429. The predicted molar refractivity (Wildman–Crippen MR) is 71.0 cm³/mol. The van der Waals surface area contributed by atoms with Gasteiger partial charge in [-0.05, 0) is 32.3 Å². The molecule has 0 aliphatic heterocycles. The summed E-state index contributed by atoms with van der Waals surface area (Å²) in [6, 6.07) is 9.90. The highest BCUT2D eigenvalue weighted by Crippen LogP contribution is 2.18. The Morgan fingerprint density at radius 2 is 1.89 bits per heavy atom. The lowest BCUT2D eigenvalue weighted by Crippen LogP contribution is -2.37. The molecule has 0 saturated carbocycles. The maximum Gasteiger partial charge on any atom is 0.408 e. The fourth-order valence-electron chi connectivity index (χ4n) is 1.58. The number of ether oxygens (including phenoxy) is 1. The van der Waals surface area contributed by atoms with E-state index in [0.29, 0.717) is 6.42 Å². The number of benzene rings is 1. The molecule has 0 atom stereocenters. The second-order valence-corrected chi connectivity index (χ2v) is 4.88. The Morgan fingerprint density at radius 3 is 2.47 bits per heavy atom. The van der Waals surface area contributed by atoms with Crippen molar-refractivity contribution in [2.75, 3.05) is 6.54 Å². The predicted octanol–water partition coefficient (Wildman–Crippen LogP) is 2.21. The topological polar surface area (TPSA) is 75.6 Å². The van der Waals surface area contributed by atoms with Gasteiger partial charge in [-0.1, -0.05) is 30.3 Å². The van der Waals surface area contributed by atoms with Crippen LogP contribution in [0.3, 0.4) is 0 Å². The molecule has 0 unspecified atom stereocenters. The summed E-state index contributed by atoms with van der Waals surface area (Å²) in [5.74, 6) is -1.10. The molecular formula is C14H19NO4. The van der Waals surface area contributed by atoms with Crippen LogP contribution >= 0.6 is 0 Å². The van der Waals surface area contributed by atoms with E-state index in [1.165, 1.54) is 5.56 Å². The maximum atomic E-state index is 11.4. The van der Waals surface area contributed by atoms with Crippen molar-refractivity contribution in [3.8, 4) is 0 Å². The van der Waals surface area contributed by atoms with E-state index in [0.717, 1.165) is 6.42 Å². The average molecular weight is 265 g/mol. The van der Waals surface area contributed by atoms with Gasteiger partial charge in [0.25, 0.3) is 0 Å². The number of carboxylic acids is 1. The van der Waals surface area contributed by atoms with E-state index in [1.807, 2.05) is 30.3 Å². The third-order valence-electron chi connectivity index (χ3n) is 2.61. The minimum Gasteiger partial charge on any atom is -0.480 e. The van der Waals surface area contributed by atoms with Gasteiger partial charge in [0.2, 0.25) is 0 Å². The lowest BCUT2D eigenvalue weighted by atomic mass is 9.99. The number of hydrogen-bond acceptors (Lipinski definition) is 3. The Bertz CT molecular complexity index is 428. The number of carbonyl (C=O) groups is 2. The summed E-state index contributed by atoms with van der Waals surface area (Å²) in [7, 11) is 0. The van der Waals surface area contributed by atoms with Crippen LogP contribution in [0.25, 0.3) is 0 Å². The number of hydrogen-bond donors (Lipinski definition) is 2.